The van der Waals surface area contributed by atoms with E-state index in [1.165, 1.54) is 0 Å². The molecule has 148 valence electrons. The fourth-order valence-electron chi connectivity index (χ4n) is 3.94. The van der Waals surface area contributed by atoms with Gasteiger partial charge in [0.25, 0.3) is 5.78 Å². The third kappa shape index (κ3) is 3.73. The SMILES string of the molecule is CC1(C)COCCC1Nc1cc(NC2CCOCC2(C)C)n2ncnc2n1. The smallest absolute Gasteiger partial charge is 0.256 e. The van der Waals surface area contributed by atoms with Crippen LogP contribution in [0.4, 0.5) is 11.6 Å². The van der Waals surface area contributed by atoms with E-state index >= 15 is 0 Å². The molecular formula is C19H30N6O2. The molecule has 2 unspecified atom stereocenters. The van der Waals surface area contributed by atoms with Crippen LogP contribution in [0.25, 0.3) is 5.78 Å². The van der Waals surface area contributed by atoms with Crippen LogP contribution in [-0.2, 0) is 9.47 Å². The number of rotatable bonds is 4. The second-order valence-corrected chi connectivity index (χ2v) is 9.05. The van der Waals surface area contributed by atoms with Crippen molar-refractivity contribution in [3.05, 3.63) is 12.4 Å². The number of hydrogen-bond acceptors (Lipinski definition) is 7. The van der Waals surface area contributed by atoms with E-state index in [0.717, 1.165) is 50.9 Å². The van der Waals surface area contributed by atoms with E-state index < -0.39 is 0 Å². The maximum absolute atomic E-state index is 5.66. The van der Waals surface area contributed by atoms with Gasteiger partial charge < -0.3 is 20.1 Å². The molecule has 2 aromatic heterocycles. The second-order valence-electron chi connectivity index (χ2n) is 9.05. The lowest BCUT2D eigenvalue weighted by molar-refractivity contribution is 0.00318. The first-order valence-corrected chi connectivity index (χ1v) is 9.74. The van der Waals surface area contributed by atoms with Crippen molar-refractivity contribution < 1.29 is 9.47 Å². The minimum atomic E-state index is 0.0463. The zero-order chi connectivity index (χ0) is 19.1. The molecule has 0 aromatic carbocycles. The Morgan fingerprint density at radius 1 is 1.00 bits per heavy atom. The predicted octanol–water partition coefficient (Wildman–Crippen LogP) is 2.58. The third-order valence-corrected chi connectivity index (χ3v) is 5.83. The number of aromatic nitrogens is 4. The Morgan fingerprint density at radius 2 is 1.63 bits per heavy atom. The summed E-state index contributed by atoms with van der Waals surface area (Å²) in [6.45, 7) is 12.0. The van der Waals surface area contributed by atoms with Gasteiger partial charge in [0.05, 0.1) is 13.2 Å². The van der Waals surface area contributed by atoms with E-state index in [1.54, 1.807) is 10.8 Å². The molecule has 2 saturated heterocycles. The van der Waals surface area contributed by atoms with E-state index in [0.29, 0.717) is 17.9 Å². The van der Waals surface area contributed by atoms with E-state index in [1.807, 2.05) is 6.07 Å². The Morgan fingerprint density at radius 3 is 2.26 bits per heavy atom. The van der Waals surface area contributed by atoms with Gasteiger partial charge in [0.2, 0.25) is 0 Å². The third-order valence-electron chi connectivity index (χ3n) is 5.83. The molecule has 0 saturated carbocycles. The lowest BCUT2D eigenvalue weighted by Gasteiger charge is -2.40. The molecule has 2 aliphatic rings. The van der Waals surface area contributed by atoms with E-state index in [2.05, 4.69) is 53.4 Å². The van der Waals surface area contributed by atoms with Gasteiger partial charge >= 0.3 is 0 Å². The standard InChI is InChI=1S/C19H30N6O2/c1-18(2)10-26-7-5-13(18)22-15-9-16(25-17(24-15)20-12-21-25)23-14-6-8-27-11-19(14,3)4/h9,12-14,23H,5-8,10-11H2,1-4H3,(H,20,21,22,24). The Bertz CT molecular complexity index is 803. The normalized spacial score (nSPS) is 27.4. The Labute approximate surface area is 160 Å². The summed E-state index contributed by atoms with van der Waals surface area (Å²) in [6.07, 6.45) is 3.47. The van der Waals surface area contributed by atoms with Crippen molar-refractivity contribution in [3.8, 4) is 0 Å². The average molecular weight is 374 g/mol. The van der Waals surface area contributed by atoms with Crippen LogP contribution in [0.1, 0.15) is 40.5 Å². The Hall–Kier alpha value is -1.93. The molecule has 27 heavy (non-hydrogen) atoms. The molecule has 4 heterocycles. The molecule has 2 aromatic rings. The molecule has 2 atom stereocenters. The van der Waals surface area contributed by atoms with Crippen LogP contribution in [0.15, 0.2) is 12.4 Å². The van der Waals surface area contributed by atoms with E-state index in [-0.39, 0.29) is 10.8 Å². The van der Waals surface area contributed by atoms with Gasteiger partial charge in [-0.25, -0.2) is 0 Å². The summed E-state index contributed by atoms with van der Waals surface area (Å²) in [7, 11) is 0. The highest BCUT2D eigenvalue weighted by molar-refractivity contribution is 5.55. The summed E-state index contributed by atoms with van der Waals surface area (Å²) in [4.78, 5) is 8.97. The van der Waals surface area contributed by atoms with Crippen LogP contribution < -0.4 is 10.6 Å². The average Bonchev–Trinajstić information content (AvgIpc) is 3.07. The van der Waals surface area contributed by atoms with Crippen molar-refractivity contribution in [2.45, 2.75) is 52.6 Å². The molecule has 2 N–H and O–H groups in total. The molecule has 0 amide bonds. The summed E-state index contributed by atoms with van der Waals surface area (Å²) in [5.41, 5.74) is 0.0980. The summed E-state index contributed by atoms with van der Waals surface area (Å²) >= 11 is 0. The molecule has 0 bridgehead atoms. The van der Waals surface area contributed by atoms with Gasteiger partial charge in [-0.1, -0.05) is 27.7 Å². The summed E-state index contributed by atoms with van der Waals surface area (Å²) < 4.78 is 13.1. The fourth-order valence-corrected chi connectivity index (χ4v) is 3.94. The van der Waals surface area contributed by atoms with Gasteiger partial charge in [-0.15, -0.1) is 0 Å². The van der Waals surface area contributed by atoms with Gasteiger partial charge in [-0.3, -0.25) is 0 Å². The van der Waals surface area contributed by atoms with Gasteiger partial charge in [-0.2, -0.15) is 19.6 Å². The molecule has 8 heteroatoms. The van der Waals surface area contributed by atoms with Crippen molar-refractivity contribution in [2.24, 2.45) is 10.8 Å². The highest BCUT2D eigenvalue weighted by Crippen LogP contribution is 2.32. The maximum atomic E-state index is 5.66. The highest BCUT2D eigenvalue weighted by atomic mass is 16.5. The first-order chi connectivity index (χ1) is 12.9. The topological polar surface area (TPSA) is 85.6 Å². The van der Waals surface area contributed by atoms with Gasteiger partial charge in [0, 0.05) is 42.2 Å². The van der Waals surface area contributed by atoms with Gasteiger partial charge in [-0.05, 0) is 12.8 Å². The molecule has 0 aliphatic carbocycles. The minimum Gasteiger partial charge on any atom is -0.381 e. The molecule has 4 rings (SSSR count). The predicted molar refractivity (Wildman–Crippen MR) is 104 cm³/mol. The highest BCUT2D eigenvalue weighted by Gasteiger charge is 2.35. The van der Waals surface area contributed by atoms with Crippen molar-refractivity contribution in [1.29, 1.82) is 0 Å². The largest absolute Gasteiger partial charge is 0.381 e. The Kier molecular flexibility index (Phi) is 4.71. The summed E-state index contributed by atoms with van der Waals surface area (Å²) in [5, 5.41) is 11.6. The first-order valence-electron chi connectivity index (χ1n) is 9.74. The van der Waals surface area contributed by atoms with Crippen molar-refractivity contribution in [2.75, 3.05) is 37.1 Å². The van der Waals surface area contributed by atoms with Gasteiger partial charge in [0.1, 0.15) is 18.0 Å². The number of hydrogen-bond donors (Lipinski definition) is 2. The number of ether oxygens (including phenoxy) is 2. The van der Waals surface area contributed by atoms with Crippen LogP contribution in [0.5, 0.6) is 0 Å². The number of fused-ring (bicyclic) bond motifs is 1. The van der Waals surface area contributed by atoms with Crippen LogP contribution in [0.3, 0.4) is 0 Å². The molecule has 0 spiro atoms. The van der Waals surface area contributed by atoms with E-state index in [4.69, 9.17) is 9.47 Å². The number of nitrogens with one attached hydrogen (secondary N) is 2. The van der Waals surface area contributed by atoms with Crippen LogP contribution in [0, 0.1) is 10.8 Å². The molecule has 8 nitrogen and oxygen atoms in total. The zero-order valence-electron chi connectivity index (χ0n) is 16.7. The fraction of sp³-hybridized carbons (Fsp3) is 0.737. The van der Waals surface area contributed by atoms with E-state index in [9.17, 15) is 0 Å². The van der Waals surface area contributed by atoms with Crippen molar-refractivity contribution >= 4 is 17.4 Å². The molecule has 2 aliphatic heterocycles. The van der Waals surface area contributed by atoms with Crippen molar-refractivity contribution in [3.63, 3.8) is 0 Å². The molecule has 0 radical (unpaired) electrons. The maximum Gasteiger partial charge on any atom is 0.256 e. The minimum absolute atomic E-state index is 0.0463. The Balaban J connectivity index is 1.62. The van der Waals surface area contributed by atoms with Crippen molar-refractivity contribution in [1.82, 2.24) is 19.6 Å². The zero-order valence-corrected chi connectivity index (χ0v) is 16.7. The quantitative estimate of drug-likeness (QED) is 0.851. The van der Waals surface area contributed by atoms with Crippen LogP contribution in [0.2, 0.25) is 0 Å². The number of nitrogens with zero attached hydrogens (tertiary/aromatic N) is 4. The molecular weight excluding hydrogens is 344 g/mol. The summed E-state index contributed by atoms with van der Waals surface area (Å²) in [6, 6.07) is 2.64. The number of anilines is 2. The lowest BCUT2D eigenvalue weighted by Crippen LogP contribution is -2.45. The first kappa shape index (κ1) is 18.4. The van der Waals surface area contributed by atoms with Crippen LogP contribution >= 0.6 is 0 Å². The van der Waals surface area contributed by atoms with Gasteiger partial charge in [0.15, 0.2) is 0 Å². The monoisotopic (exact) mass is 374 g/mol. The van der Waals surface area contributed by atoms with Crippen LogP contribution in [-0.4, -0.2) is 58.1 Å². The molecule has 2 fully saturated rings. The second kappa shape index (κ2) is 6.91. The lowest BCUT2D eigenvalue weighted by atomic mass is 9.82. The summed E-state index contributed by atoms with van der Waals surface area (Å²) in [5.74, 6) is 2.32.